The Hall–Kier alpha value is -3.22. The number of benzene rings is 2. The van der Waals surface area contributed by atoms with E-state index in [9.17, 15) is 18.4 Å². The molecule has 1 fully saturated rings. The Labute approximate surface area is 161 Å². The number of carbonyl (C=O) groups excluding carboxylic acids is 2. The Morgan fingerprint density at radius 3 is 2.79 bits per heavy atom. The molecule has 3 rings (SSSR count). The van der Waals surface area contributed by atoms with E-state index in [1.54, 1.807) is 35.2 Å². The van der Waals surface area contributed by atoms with Gasteiger partial charge in [0.15, 0.2) is 0 Å². The predicted octanol–water partition coefficient (Wildman–Crippen LogP) is 4.06. The Morgan fingerprint density at radius 2 is 2.04 bits per heavy atom. The number of hydrogen-bond acceptors (Lipinski definition) is 3. The van der Waals surface area contributed by atoms with Crippen molar-refractivity contribution >= 4 is 23.6 Å². The van der Waals surface area contributed by atoms with Gasteiger partial charge in [0.1, 0.15) is 5.75 Å². The number of carbonyl (C=O) groups is 2. The molecular weight excluding hydrogens is 366 g/mol. The van der Waals surface area contributed by atoms with Crippen molar-refractivity contribution < 1.29 is 23.1 Å². The number of rotatable bonds is 7. The lowest BCUT2D eigenvalue weighted by molar-refractivity contribution is -0.128. The quantitative estimate of drug-likeness (QED) is 0.730. The second-order valence-corrected chi connectivity index (χ2v) is 6.36. The molecule has 0 spiro atoms. The molecule has 0 aliphatic carbocycles. The summed E-state index contributed by atoms with van der Waals surface area (Å²) in [6, 6.07) is 13.5. The minimum Gasteiger partial charge on any atom is -0.434 e. The monoisotopic (exact) mass is 386 g/mol. The average molecular weight is 386 g/mol. The van der Waals surface area contributed by atoms with Gasteiger partial charge in [-0.2, -0.15) is 8.78 Å². The third-order valence-corrected chi connectivity index (χ3v) is 4.29. The van der Waals surface area contributed by atoms with E-state index in [2.05, 4.69) is 10.1 Å². The summed E-state index contributed by atoms with van der Waals surface area (Å²) in [5.41, 5.74) is 1.89. The van der Waals surface area contributed by atoms with Gasteiger partial charge in [-0.25, -0.2) is 0 Å². The van der Waals surface area contributed by atoms with E-state index in [1.807, 2.05) is 12.1 Å². The maximum absolute atomic E-state index is 12.4. The van der Waals surface area contributed by atoms with Crippen LogP contribution in [0.5, 0.6) is 5.75 Å². The lowest BCUT2D eigenvalue weighted by atomic mass is 10.1. The summed E-state index contributed by atoms with van der Waals surface area (Å²) < 4.78 is 29.3. The van der Waals surface area contributed by atoms with E-state index < -0.39 is 12.5 Å². The molecule has 1 heterocycles. The molecule has 1 aliphatic heterocycles. The first-order valence-electron chi connectivity index (χ1n) is 8.91. The van der Waals surface area contributed by atoms with E-state index in [0.29, 0.717) is 24.2 Å². The Balaban J connectivity index is 1.63. The summed E-state index contributed by atoms with van der Waals surface area (Å²) in [5.74, 6) is -0.262. The van der Waals surface area contributed by atoms with Crippen LogP contribution in [0.3, 0.4) is 0 Å². The lowest BCUT2D eigenvalue weighted by Gasteiger charge is -2.16. The van der Waals surface area contributed by atoms with Crippen LogP contribution in [0.25, 0.3) is 6.08 Å². The molecule has 1 saturated heterocycles. The number of ether oxygens (including phenoxy) is 1. The molecular formula is C21H20F2N2O3. The SMILES string of the molecule is O=C(/C=C/c1ccccc1OC(F)F)Nc1cccc(CN2CCCC2=O)c1. The van der Waals surface area contributed by atoms with Gasteiger partial charge < -0.3 is 15.0 Å². The van der Waals surface area contributed by atoms with Crippen molar-refractivity contribution in [3.05, 3.63) is 65.7 Å². The first-order chi connectivity index (χ1) is 13.5. The first-order valence-corrected chi connectivity index (χ1v) is 8.91. The van der Waals surface area contributed by atoms with Crippen LogP contribution in [0.4, 0.5) is 14.5 Å². The van der Waals surface area contributed by atoms with Crippen molar-refractivity contribution in [2.45, 2.75) is 26.0 Å². The Morgan fingerprint density at radius 1 is 1.21 bits per heavy atom. The highest BCUT2D eigenvalue weighted by atomic mass is 19.3. The summed E-state index contributed by atoms with van der Waals surface area (Å²) >= 11 is 0. The summed E-state index contributed by atoms with van der Waals surface area (Å²) in [4.78, 5) is 25.7. The number of hydrogen-bond donors (Lipinski definition) is 1. The highest BCUT2D eigenvalue weighted by molar-refractivity contribution is 6.02. The molecule has 0 radical (unpaired) electrons. The standard InChI is InChI=1S/C21H20F2N2O3/c22-21(23)28-18-8-2-1-6-16(18)10-11-19(26)24-17-7-3-5-15(13-17)14-25-12-4-9-20(25)27/h1-3,5-8,10-11,13,21H,4,9,12,14H2,(H,24,26)/b11-10+. The van der Waals surface area contributed by atoms with Gasteiger partial charge in [0, 0.05) is 36.8 Å². The summed E-state index contributed by atoms with van der Waals surface area (Å²) in [5, 5.41) is 2.73. The zero-order valence-electron chi connectivity index (χ0n) is 15.1. The normalized spacial score (nSPS) is 14.1. The summed E-state index contributed by atoms with van der Waals surface area (Å²) in [6.45, 7) is -1.68. The second-order valence-electron chi connectivity index (χ2n) is 6.36. The molecule has 146 valence electrons. The van der Waals surface area contributed by atoms with Crippen molar-refractivity contribution in [2.75, 3.05) is 11.9 Å². The molecule has 28 heavy (non-hydrogen) atoms. The minimum atomic E-state index is -2.94. The number of amides is 2. The number of nitrogens with zero attached hydrogens (tertiary/aromatic N) is 1. The smallest absolute Gasteiger partial charge is 0.387 e. The fraction of sp³-hybridized carbons (Fsp3) is 0.238. The van der Waals surface area contributed by atoms with Gasteiger partial charge in [-0.05, 0) is 36.3 Å². The van der Waals surface area contributed by atoms with Crippen LogP contribution in [0, 0.1) is 0 Å². The molecule has 7 heteroatoms. The van der Waals surface area contributed by atoms with Crippen LogP contribution in [-0.4, -0.2) is 29.9 Å². The molecule has 2 aromatic rings. The number of halogens is 2. The number of alkyl halides is 2. The maximum atomic E-state index is 12.4. The highest BCUT2D eigenvalue weighted by Gasteiger charge is 2.20. The molecule has 0 atom stereocenters. The number of para-hydroxylation sites is 1. The van der Waals surface area contributed by atoms with Gasteiger partial charge in [-0.3, -0.25) is 9.59 Å². The molecule has 0 unspecified atom stereocenters. The van der Waals surface area contributed by atoms with E-state index in [-0.39, 0.29) is 11.7 Å². The zero-order valence-corrected chi connectivity index (χ0v) is 15.1. The van der Waals surface area contributed by atoms with Gasteiger partial charge in [0.05, 0.1) is 0 Å². The minimum absolute atomic E-state index is 0.00109. The molecule has 2 amide bonds. The van der Waals surface area contributed by atoms with Gasteiger partial charge in [-0.1, -0.05) is 30.3 Å². The highest BCUT2D eigenvalue weighted by Crippen LogP contribution is 2.22. The van der Waals surface area contributed by atoms with Crippen molar-refractivity contribution in [1.82, 2.24) is 4.90 Å². The van der Waals surface area contributed by atoms with Gasteiger partial charge >= 0.3 is 6.61 Å². The topological polar surface area (TPSA) is 58.6 Å². The largest absolute Gasteiger partial charge is 0.434 e. The molecule has 5 nitrogen and oxygen atoms in total. The summed E-state index contributed by atoms with van der Waals surface area (Å²) in [6.07, 6.45) is 4.12. The summed E-state index contributed by atoms with van der Waals surface area (Å²) in [7, 11) is 0. The van der Waals surface area contributed by atoms with E-state index in [0.717, 1.165) is 18.5 Å². The Kier molecular flexibility index (Phi) is 6.37. The van der Waals surface area contributed by atoms with Crippen molar-refractivity contribution in [3.8, 4) is 5.75 Å². The first kappa shape index (κ1) is 19.5. The predicted molar refractivity (Wildman–Crippen MR) is 102 cm³/mol. The second kappa shape index (κ2) is 9.12. The van der Waals surface area contributed by atoms with Gasteiger partial charge in [0.2, 0.25) is 11.8 Å². The van der Waals surface area contributed by atoms with E-state index >= 15 is 0 Å². The molecule has 2 aromatic carbocycles. The fourth-order valence-electron chi connectivity index (χ4n) is 3.01. The van der Waals surface area contributed by atoms with Crippen molar-refractivity contribution in [2.24, 2.45) is 0 Å². The van der Waals surface area contributed by atoms with E-state index in [4.69, 9.17) is 0 Å². The van der Waals surface area contributed by atoms with Crippen molar-refractivity contribution in [1.29, 1.82) is 0 Å². The van der Waals surface area contributed by atoms with Crippen LogP contribution in [-0.2, 0) is 16.1 Å². The van der Waals surface area contributed by atoms with Gasteiger partial charge in [0.25, 0.3) is 0 Å². The third-order valence-electron chi connectivity index (χ3n) is 4.29. The Bertz CT molecular complexity index is 883. The molecule has 0 bridgehead atoms. The van der Waals surface area contributed by atoms with Crippen LogP contribution < -0.4 is 10.1 Å². The average Bonchev–Trinajstić information content (AvgIpc) is 3.05. The third kappa shape index (κ3) is 5.39. The number of anilines is 1. The number of nitrogens with one attached hydrogen (secondary N) is 1. The van der Waals surface area contributed by atoms with E-state index in [1.165, 1.54) is 18.2 Å². The molecule has 0 aromatic heterocycles. The fourth-order valence-corrected chi connectivity index (χ4v) is 3.01. The zero-order chi connectivity index (χ0) is 19.9. The maximum Gasteiger partial charge on any atom is 0.387 e. The van der Waals surface area contributed by atoms with Crippen LogP contribution in [0.2, 0.25) is 0 Å². The molecule has 1 aliphatic rings. The lowest BCUT2D eigenvalue weighted by Crippen LogP contribution is -2.23. The van der Waals surface area contributed by atoms with Gasteiger partial charge in [-0.15, -0.1) is 0 Å². The molecule has 0 saturated carbocycles. The van der Waals surface area contributed by atoms with Crippen LogP contribution >= 0.6 is 0 Å². The van der Waals surface area contributed by atoms with Crippen molar-refractivity contribution in [3.63, 3.8) is 0 Å². The van der Waals surface area contributed by atoms with Crippen LogP contribution in [0.1, 0.15) is 24.0 Å². The molecule has 1 N–H and O–H groups in total. The number of likely N-dealkylation sites (tertiary alicyclic amines) is 1. The van der Waals surface area contributed by atoms with Crippen LogP contribution in [0.15, 0.2) is 54.6 Å².